The second-order valence-electron chi connectivity index (χ2n) is 6.34. The maximum absolute atomic E-state index is 13.5. The molecule has 0 N–H and O–H groups in total. The Hall–Kier alpha value is -1.09. The van der Waals surface area contributed by atoms with Crippen LogP contribution in [-0.2, 0) is 12.4 Å². The highest BCUT2D eigenvalue weighted by molar-refractivity contribution is 6.16. The molecule has 106 valence electrons. The molecule has 2 fully saturated rings. The average Bonchev–Trinajstić information content (AvgIpc) is 3.13. The highest BCUT2D eigenvalue weighted by Crippen LogP contribution is 2.49. The summed E-state index contributed by atoms with van der Waals surface area (Å²) in [6.45, 7) is 0.948. The molecule has 0 saturated heterocycles. The van der Waals surface area contributed by atoms with Gasteiger partial charge in [0.1, 0.15) is 11.6 Å². The number of hydrogen-bond acceptors (Lipinski definition) is 1. The number of alkyl halides is 1. The Kier molecular flexibility index (Phi) is 2.99. The minimum Gasteiger partial charge on any atom is -0.327 e. The molecule has 2 nitrogen and oxygen atoms in total. The lowest BCUT2D eigenvalue weighted by molar-refractivity contribution is 0.296. The summed E-state index contributed by atoms with van der Waals surface area (Å²) in [5, 5.41) is 0. The van der Waals surface area contributed by atoms with E-state index in [1.165, 1.54) is 31.7 Å². The van der Waals surface area contributed by atoms with Crippen LogP contribution in [0.5, 0.6) is 0 Å². The largest absolute Gasteiger partial charge is 0.327 e. The smallest absolute Gasteiger partial charge is 0.125 e. The molecule has 4 heteroatoms. The molecule has 3 atom stereocenters. The van der Waals surface area contributed by atoms with Crippen LogP contribution < -0.4 is 0 Å². The SMILES string of the molecule is Fc1ccc2nc(CCl)n(CC3CC4CCC3C4)c2c1. The molecule has 0 aliphatic heterocycles. The van der Waals surface area contributed by atoms with Crippen molar-refractivity contribution in [3.63, 3.8) is 0 Å². The van der Waals surface area contributed by atoms with Crippen molar-refractivity contribution in [3.05, 3.63) is 29.8 Å². The van der Waals surface area contributed by atoms with Crippen molar-refractivity contribution in [2.45, 2.75) is 38.1 Å². The van der Waals surface area contributed by atoms with E-state index >= 15 is 0 Å². The van der Waals surface area contributed by atoms with Gasteiger partial charge < -0.3 is 4.57 Å². The molecule has 1 heterocycles. The van der Waals surface area contributed by atoms with E-state index in [2.05, 4.69) is 9.55 Å². The lowest BCUT2D eigenvalue weighted by atomic mass is 9.89. The summed E-state index contributed by atoms with van der Waals surface area (Å²) in [5.41, 5.74) is 1.74. The molecule has 3 unspecified atom stereocenters. The van der Waals surface area contributed by atoms with E-state index in [0.717, 1.165) is 41.2 Å². The van der Waals surface area contributed by atoms with Crippen molar-refractivity contribution in [1.29, 1.82) is 0 Å². The van der Waals surface area contributed by atoms with Crippen molar-refractivity contribution in [3.8, 4) is 0 Å². The Bertz CT molecular complexity index is 651. The number of halogens is 2. The third-order valence-electron chi connectivity index (χ3n) is 5.21. The van der Waals surface area contributed by atoms with Gasteiger partial charge in [0.25, 0.3) is 0 Å². The number of imidazole rings is 1. The first kappa shape index (κ1) is 12.6. The summed E-state index contributed by atoms with van der Waals surface area (Å²) >= 11 is 6.03. The first-order valence-electron chi connectivity index (χ1n) is 7.45. The molecule has 2 aliphatic rings. The minimum atomic E-state index is -0.201. The van der Waals surface area contributed by atoms with Gasteiger partial charge in [0.2, 0.25) is 0 Å². The van der Waals surface area contributed by atoms with Crippen LogP contribution in [-0.4, -0.2) is 9.55 Å². The zero-order valence-corrected chi connectivity index (χ0v) is 12.1. The molecule has 2 aliphatic carbocycles. The van der Waals surface area contributed by atoms with Gasteiger partial charge in [-0.2, -0.15) is 0 Å². The molecule has 4 rings (SSSR count). The summed E-state index contributed by atoms with van der Waals surface area (Å²) in [6.07, 6.45) is 5.48. The highest BCUT2D eigenvalue weighted by Gasteiger charge is 2.39. The quantitative estimate of drug-likeness (QED) is 0.769. The maximum atomic E-state index is 13.5. The predicted molar refractivity (Wildman–Crippen MR) is 78.2 cm³/mol. The van der Waals surface area contributed by atoms with Gasteiger partial charge in [-0.1, -0.05) is 6.42 Å². The van der Waals surface area contributed by atoms with Crippen molar-refractivity contribution >= 4 is 22.6 Å². The van der Waals surface area contributed by atoms with Crippen molar-refractivity contribution in [2.24, 2.45) is 17.8 Å². The Morgan fingerprint density at radius 3 is 2.90 bits per heavy atom. The van der Waals surface area contributed by atoms with E-state index in [-0.39, 0.29) is 5.82 Å². The fraction of sp³-hybridized carbons (Fsp3) is 0.562. The summed E-state index contributed by atoms with van der Waals surface area (Å²) in [4.78, 5) is 4.54. The first-order valence-corrected chi connectivity index (χ1v) is 7.98. The van der Waals surface area contributed by atoms with Gasteiger partial charge in [-0.15, -0.1) is 11.6 Å². The van der Waals surface area contributed by atoms with Crippen LogP contribution in [0.2, 0.25) is 0 Å². The number of hydrogen-bond donors (Lipinski definition) is 0. The van der Waals surface area contributed by atoms with Crippen LogP contribution in [0.4, 0.5) is 4.39 Å². The van der Waals surface area contributed by atoms with Crippen molar-refractivity contribution < 1.29 is 4.39 Å². The fourth-order valence-corrected chi connectivity index (χ4v) is 4.49. The number of fused-ring (bicyclic) bond motifs is 3. The van der Waals surface area contributed by atoms with Gasteiger partial charge >= 0.3 is 0 Å². The van der Waals surface area contributed by atoms with Crippen LogP contribution in [0, 0.1) is 23.6 Å². The molecular formula is C16H18ClFN2. The molecule has 1 aromatic carbocycles. The monoisotopic (exact) mass is 292 g/mol. The second kappa shape index (κ2) is 4.73. The standard InChI is InChI=1S/C16H18ClFN2/c17-8-16-19-14-4-3-13(18)7-15(14)20(16)9-12-6-10-1-2-11(12)5-10/h3-4,7,10-12H,1-2,5-6,8-9H2. The van der Waals surface area contributed by atoms with Crippen LogP contribution in [0.3, 0.4) is 0 Å². The molecule has 0 spiro atoms. The average molecular weight is 293 g/mol. The Morgan fingerprint density at radius 1 is 1.30 bits per heavy atom. The third kappa shape index (κ3) is 1.95. The summed E-state index contributed by atoms with van der Waals surface area (Å²) in [7, 11) is 0. The molecule has 20 heavy (non-hydrogen) atoms. The van der Waals surface area contributed by atoms with Gasteiger partial charge in [0.05, 0.1) is 16.9 Å². The Labute approximate surface area is 122 Å². The van der Waals surface area contributed by atoms with Gasteiger partial charge in [-0.3, -0.25) is 0 Å². The van der Waals surface area contributed by atoms with Crippen LogP contribution >= 0.6 is 11.6 Å². The number of nitrogens with zero attached hydrogens (tertiary/aromatic N) is 2. The summed E-state index contributed by atoms with van der Waals surface area (Å²) < 4.78 is 15.7. The zero-order chi connectivity index (χ0) is 13.7. The Balaban J connectivity index is 1.72. The summed E-state index contributed by atoms with van der Waals surface area (Å²) in [5.74, 6) is 3.56. The molecule has 1 aromatic heterocycles. The summed E-state index contributed by atoms with van der Waals surface area (Å²) in [6, 6.07) is 4.80. The molecule has 2 saturated carbocycles. The Morgan fingerprint density at radius 2 is 2.20 bits per heavy atom. The lowest BCUT2D eigenvalue weighted by Gasteiger charge is -2.23. The molecule has 0 radical (unpaired) electrons. The lowest BCUT2D eigenvalue weighted by Crippen LogP contribution is -2.18. The predicted octanol–water partition coefficient (Wildman–Crippen LogP) is 4.35. The van der Waals surface area contributed by atoms with Crippen LogP contribution in [0.1, 0.15) is 31.5 Å². The highest BCUT2D eigenvalue weighted by atomic mass is 35.5. The minimum absolute atomic E-state index is 0.201. The normalized spacial score (nSPS) is 28.6. The van der Waals surface area contributed by atoms with Crippen molar-refractivity contribution in [1.82, 2.24) is 9.55 Å². The molecule has 2 aromatic rings. The molecule has 0 amide bonds. The topological polar surface area (TPSA) is 17.8 Å². The van der Waals surface area contributed by atoms with E-state index in [0.29, 0.717) is 5.88 Å². The second-order valence-corrected chi connectivity index (χ2v) is 6.61. The number of aromatic nitrogens is 2. The van der Waals surface area contributed by atoms with Crippen LogP contribution in [0.15, 0.2) is 18.2 Å². The van der Waals surface area contributed by atoms with Gasteiger partial charge in [0, 0.05) is 6.54 Å². The van der Waals surface area contributed by atoms with Crippen LogP contribution in [0.25, 0.3) is 11.0 Å². The van der Waals surface area contributed by atoms with E-state index in [1.807, 2.05) is 0 Å². The van der Waals surface area contributed by atoms with E-state index in [4.69, 9.17) is 11.6 Å². The van der Waals surface area contributed by atoms with Gasteiger partial charge in [0.15, 0.2) is 0 Å². The first-order chi connectivity index (χ1) is 9.74. The van der Waals surface area contributed by atoms with Crippen molar-refractivity contribution in [2.75, 3.05) is 0 Å². The van der Waals surface area contributed by atoms with Gasteiger partial charge in [-0.25, -0.2) is 9.37 Å². The molecule has 2 bridgehead atoms. The van der Waals surface area contributed by atoms with E-state index < -0.39 is 0 Å². The fourth-order valence-electron chi connectivity index (χ4n) is 4.29. The maximum Gasteiger partial charge on any atom is 0.125 e. The number of benzene rings is 1. The number of rotatable bonds is 3. The van der Waals surface area contributed by atoms with E-state index in [1.54, 1.807) is 12.1 Å². The van der Waals surface area contributed by atoms with E-state index in [9.17, 15) is 4.39 Å². The zero-order valence-electron chi connectivity index (χ0n) is 11.4. The third-order valence-corrected chi connectivity index (χ3v) is 5.45. The van der Waals surface area contributed by atoms with Gasteiger partial charge in [-0.05, 0) is 55.2 Å². The molecular weight excluding hydrogens is 275 g/mol.